The molecule has 0 N–H and O–H groups in total. The van der Waals surface area contributed by atoms with Crippen LogP contribution in [0.2, 0.25) is 0 Å². The van der Waals surface area contributed by atoms with E-state index >= 15 is 0 Å². The number of aromatic nitrogens is 4. The minimum atomic E-state index is 0.465. The first-order valence-electron chi connectivity index (χ1n) is 43.7. The molecule has 8 aromatic heterocycles. The van der Waals surface area contributed by atoms with Crippen LogP contribution < -0.4 is 18.3 Å². The lowest BCUT2D eigenvalue weighted by molar-refractivity contribution is -0.660. The van der Waals surface area contributed by atoms with Crippen molar-refractivity contribution >= 4 is 105 Å². The number of hydrogen-bond acceptors (Lipinski definition) is 5. The molecule has 0 atom stereocenters. The number of furan rings is 4. The van der Waals surface area contributed by atoms with Gasteiger partial charge in [0.05, 0.1) is 53.6 Å². The third kappa shape index (κ3) is 15.6. The van der Waals surface area contributed by atoms with Crippen LogP contribution >= 0.6 is 0 Å². The Morgan fingerprint density at radius 1 is 0.289 bits per heavy atom. The van der Waals surface area contributed by atoms with Crippen molar-refractivity contribution < 1.29 is 35.9 Å². The molecule has 12 nitrogen and oxygen atoms in total. The van der Waals surface area contributed by atoms with E-state index in [4.69, 9.17) is 37.4 Å². The summed E-state index contributed by atoms with van der Waals surface area (Å²) in [6.07, 6.45) is 8.18. The van der Waals surface area contributed by atoms with Crippen LogP contribution in [0, 0.1) is 58.7 Å². The Morgan fingerprint density at radius 2 is 0.688 bits per heavy atom. The quantitative estimate of drug-likeness (QED) is 0.0895. The number of pyridine rings is 4. The largest absolute Gasteiger partial charge is 0.466 e. The minimum Gasteiger partial charge on any atom is -0.466 e. The summed E-state index contributed by atoms with van der Waals surface area (Å²) in [6.45, 7) is 48.9. The Labute approximate surface area is 747 Å². The number of nitriles is 1. The molecule has 20 aromatic rings. The van der Waals surface area contributed by atoms with Crippen molar-refractivity contribution in [3.63, 3.8) is 0 Å². The van der Waals surface area contributed by atoms with E-state index in [2.05, 4.69) is 311 Å². The van der Waals surface area contributed by atoms with E-state index < -0.39 is 0 Å². The molecule has 0 aliphatic rings. The molecule has 0 unspecified atom stereocenters. The van der Waals surface area contributed by atoms with Crippen LogP contribution in [-0.4, -0.2) is 0 Å². The number of hydrogen-bond donors (Lipinski definition) is 0. The predicted octanol–water partition coefficient (Wildman–Crippen LogP) is 30.2. The molecule has 0 fully saturated rings. The molecule has 0 bridgehead atoms. The van der Waals surface area contributed by atoms with Gasteiger partial charge in [0, 0.05) is 91.6 Å². The smallest absolute Gasteiger partial charge is 0.229 e. The van der Waals surface area contributed by atoms with E-state index in [0.29, 0.717) is 51.9 Å². The third-order valence-corrected chi connectivity index (χ3v) is 25.1. The highest BCUT2D eigenvalue weighted by Gasteiger charge is 2.30. The maximum absolute atomic E-state index is 10.0. The molecule has 128 heavy (non-hydrogen) atoms. The zero-order valence-corrected chi connectivity index (χ0v) is 75.2. The number of aryl methyl sites for hydroxylation is 8. The van der Waals surface area contributed by atoms with Crippen LogP contribution in [0.1, 0.15) is 129 Å². The summed E-state index contributed by atoms with van der Waals surface area (Å²) in [5.41, 5.74) is 35.9. The van der Waals surface area contributed by atoms with Gasteiger partial charge in [-0.2, -0.15) is 5.26 Å². The summed E-state index contributed by atoms with van der Waals surface area (Å²) in [5.74, 6) is 1.93. The highest BCUT2D eigenvalue weighted by molar-refractivity contribution is 6.22. The lowest BCUT2D eigenvalue weighted by atomic mass is 9.91. The van der Waals surface area contributed by atoms with Gasteiger partial charge < -0.3 is 17.7 Å². The zero-order chi connectivity index (χ0) is 89.6. The number of para-hydroxylation sites is 1. The second-order valence-corrected chi connectivity index (χ2v) is 34.7. The normalized spacial score (nSPS) is 11.4. The van der Waals surface area contributed by atoms with Crippen LogP contribution in [0.3, 0.4) is 0 Å². The predicted molar refractivity (Wildman–Crippen MR) is 522 cm³/mol. The van der Waals surface area contributed by atoms with Gasteiger partial charge in [0.25, 0.3) is 0 Å². The summed E-state index contributed by atoms with van der Waals surface area (Å²) in [5, 5.41) is 18.1. The van der Waals surface area contributed by atoms with Crippen molar-refractivity contribution in [2.24, 2.45) is 28.2 Å². The molecule has 0 saturated carbocycles. The van der Waals surface area contributed by atoms with Gasteiger partial charge in [-0.25, -0.2) is 32.8 Å². The molecule has 0 amide bonds. The second-order valence-electron chi connectivity index (χ2n) is 34.7. The molecular weight excluding hydrogens is 1570 g/mol. The average molecular weight is 1670 g/mol. The van der Waals surface area contributed by atoms with E-state index in [1.165, 1.54) is 27.8 Å². The fourth-order valence-corrected chi connectivity index (χ4v) is 18.2. The maximum Gasteiger partial charge on any atom is 0.229 e. The van der Waals surface area contributed by atoms with Gasteiger partial charge in [-0.15, -0.1) is 0 Å². The summed E-state index contributed by atoms with van der Waals surface area (Å²) in [7, 11) is 8.18. The molecule has 0 spiro atoms. The molecule has 0 radical (unpaired) electrons. The van der Waals surface area contributed by atoms with Gasteiger partial charge in [-0.1, -0.05) is 213 Å². The zero-order valence-electron chi connectivity index (χ0n) is 75.2. The van der Waals surface area contributed by atoms with Gasteiger partial charge in [-0.05, 0) is 201 Å². The van der Waals surface area contributed by atoms with E-state index in [-0.39, 0.29) is 0 Å². The van der Waals surface area contributed by atoms with Gasteiger partial charge in [0.15, 0.2) is 41.7 Å². The summed E-state index contributed by atoms with van der Waals surface area (Å²) >= 11 is 0. The van der Waals surface area contributed by atoms with Crippen molar-refractivity contribution in [2.45, 2.75) is 107 Å². The Balaban J connectivity index is 0.000000120. The van der Waals surface area contributed by atoms with Crippen molar-refractivity contribution in [1.82, 2.24) is 0 Å². The first-order valence-corrected chi connectivity index (χ1v) is 43.7. The van der Waals surface area contributed by atoms with Crippen LogP contribution in [-0.2, 0) is 28.2 Å². The number of fused-ring (bicyclic) bond motifs is 12. The number of benzene rings is 12. The van der Waals surface area contributed by atoms with Crippen LogP contribution in [0.5, 0.6) is 0 Å². The molecule has 0 aliphatic carbocycles. The first kappa shape index (κ1) is 84.6. The van der Waals surface area contributed by atoms with E-state index in [0.717, 1.165) is 188 Å². The Morgan fingerprint density at radius 3 is 1.15 bits per heavy atom. The molecule has 12 heteroatoms. The van der Waals surface area contributed by atoms with E-state index in [1.807, 2.05) is 130 Å². The monoisotopic (exact) mass is 1670 g/mol. The SMILES string of the molecule is Cc1cc(C#N)c2c(oc3cccc(-c4ccc(C(C)C)cc4)c32)c1-c1cccc[n+]1C.[C-]#[N+]c1ccc2c(c1)oc1c(-c3cccc[n+]3C)c(C)cc(-c3ccc(C(C)C)cc3)c12.[C-]#[N+]c1ccc2oc3c(-c4cccc[n+]4C)c(C)ccc3c2c1-c1ccc(C(C)C)cc1.[C-]#[N+]c1cccc2c1oc1c(-c3cccc[n+]3C)c(C)cc(-c3ccc(C(C)C)cc3)c12. The minimum absolute atomic E-state index is 0.465. The highest BCUT2D eigenvalue weighted by Crippen LogP contribution is 2.50. The maximum atomic E-state index is 10.0. The number of nitrogens with zero attached hydrogens (tertiary/aromatic N) is 8. The summed E-state index contributed by atoms with van der Waals surface area (Å²) < 4.78 is 34.4. The van der Waals surface area contributed by atoms with E-state index in [9.17, 15) is 5.26 Å². The Bertz CT molecular complexity index is 7940. The highest BCUT2D eigenvalue weighted by atomic mass is 16.3. The van der Waals surface area contributed by atoms with Crippen LogP contribution in [0.4, 0.5) is 17.1 Å². The fraction of sp³-hybridized carbons (Fsp3) is 0.172. The molecule has 8 heterocycles. The number of rotatable bonds is 12. The van der Waals surface area contributed by atoms with Gasteiger partial charge in [-0.3, -0.25) is 0 Å². The van der Waals surface area contributed by atoms with Crippen LogP contribution in [0.15, 0.2) is 309 Å². The average Bonchev–Trinajstić information content (AvgIpc) is 1.56. The lowest BCUT2D eigenvalue weighted by Gasteiger charge is -2.12. The van der Waals surface area contributed by atoms with Crippen molar-refractivity contribution in [1.29, 1.82) is 5.26 Å². The molecule has 624 valence electrons. The Hall–Kier alpha value is -15.6. The molecule has 0 aliphatic heterocycles. The van der Waals surface area contributed by atoms with Gasteiger partial charge >= 0.3 is 0 Å². The topological polar surface area (TPSA) is 105 Å². The fourth-order valence-electron chi connectivity index (χ4n) is 18.2. The van der Waals surface area contributed by atoms with Crippen molar-refractivity contribution in [3.05, 3.63) is 376 Å². The van der Waals surface area contributed by atoms with E-state index in [1.54, 1.807) is 0 Å². The molecule has 20 rings (SSSR count). The summed E-state index contributed by atoms with van der Waals surface area (Å²) in [4.78, 5) is 11.2. The van der Waals surface area contributed by atoms with Crippen LogP contribution in [0.25, 0.3) is 192 Å². The lowest BCUT2D eigenvalue weighted by Crippen LogP contribution is -2.30. The van der Waals surface area contributed by atoms with Gasteiger partial charge in [0.1, 0.15) is 67.3 Å². The standard InChI is InChI=1S/4C29H25N2O/c1-18(2)20-12-14-21(15-13-20)23-17-19(3)26(25-11-6-7-16-31(25)5)29-27(23)22-9-8-10-24(30-4)28(22)32-29;1-18(2)20-10-12-21(13-11-20)27-23(30-4)15-16-25-28(27)22-14-9-19(3)26(29(22)32-25)24-8-6-7-17-31(24)5;1-18(2)20-9-11-21(12-10-20)24-16-19(3)27(25-8-6-7-15-31(25)5)29-28(24)23-14-13-22(30-4)17-26(23)32-29;1-18(2)20-11-13-21(14-12-20)23-8-7-10-25-28(23)27-22(17-30)16-19(3)26(29(27)32-25)24-9-5-6-15-31(24)4/h3*6-18H,1-3,5H3;5-16,18H,1-4H3/q4*+1. The third-order valence-electron chi connectivity index (χ3n) is 25.1. The van der Waals surface area contributed by atoms with Crippen molar-refractivity contribution in [3.8, 4) is 95.6 Å². The molecular formula is C116H100N8O4+4. The Kier molecular flexibility index (Phi) is 23.3. The van der Waals surface area contributed by atoms with Crippen molar-refractivity contribution in [2.75, 3.05) is 0 Å². The molecule has 0 saturated heterocycles. The summed E-state index contributed by atoms with van der Waals surface area (Å²) in [6, 6.07) is 94.4. The van der Waals surface area contributed by atoms with Gasteiger partial charge in [0.2, 0.25) is 28.5 Å². The second kappa shape index (κ2) is 35.2. The molecule has 12 aromatic carbocycles. The first-order chi connectivity index (χ1) is 61.9.